The second kappa shape index (κ2) is 9.68. The molecule has 0 aliphatic rings. The van der Waals surface area contributed by atoms with Crippen molar-refractivity contribution in [2.75, 3.05) is 9.80 Å². The first-order valence-electron chi connectivity index (χ1n) is 11.6. The van der Waals surface area contributed by atoms with Gasteiger partial charge in [-0.25, -0.2) is 0 Å². The SMILES string of the molecule is Cc1ccc(N(c2ccccc2)c2cccc(N(c3ccccc3)c3ccc(C)cc3)c2)cc1. The smallest absolute Gasteiger partial charge is 0.0482 e. The molecule has 0 aliphatic carbocycles. The summed E-state index contributed by atoms with van der Waals surface area (Å²) in [5, 5.41) is 0. The van der Waals surface area contributed by atoms with Gasteiger partial charge >= 0.3 is 0 Å². The van der Waals surface area contributed by atoms with Gasteiger partial charge in [-0.05, 0) is 80.6 Å². The van der Waals surface area contributed by atoms with Gasteiger partial charge in [-0.2, -0.15) is 0 Å². The van der Waals surface area contributed by atoms with Crippen LogP contribution in [-0.2, 0) is 0 Å². The van der Waals surface area contributed by atoms with E-state index in [-0.39, 0.29) is 0 Å². The third-order valence-corrected chi connectivity index (χ3v) is 5.96. The molecule has 0 N–H and O–H groups in total. The quantitative estimate of drug-likeness (QED) is 0.259. The van der Waals surface area contributed by atoms with Crippen LogP contribution in [0.4, 0.5) is 34.1 Å². The second-order valence-corrected chi connectivity index (χ2v) is 8.53. The predicted octanol–water partition coefficient (Wildman–Crippen LogP) is 9.24. The molecule has 0 fully saturated rings. The number of aryl methyl sites for hydroxylation is 2. The van der Waals surface area contributed by atoms with Crippen LogP contribution in [0.2, 0.25) is 0 Å². The van der Waals surface area contributed by atoms with Crippen molar-refractivity contribution in [3.8, 4) is 0 Å². The summed E-state index contributed by atoms with van der Waals surface area (Å²) < 4.78 is 0. The van der Waals surface area contributed by atoms with E-state index in [0.717, 1.165) is 34.1 Å². The summed E-state index contributed by atoms with van der Waals surface area (Å²) in [7, 11) is 0. The summed E-state index contributed by atoms with van der Waals surface area (Å²) in [5.74, 6) is 0. The highest BCUT2D eigenvalue weighted by atomic mass is 15.2. The predicted molar refractivity (Wildman–Crippen MR) is 145 cm³/mol. The number of rotatable bonds is 6. The molecule has 2 nitrogen and oxygen atoms in total. The topological polar surface area (TPSA) is 6.48 Å². The van der Waals surface area contributed by atoms with Gasteiger partial charge in [0.1, 0.15) is 0 Å². The molecule has 166 valence electrons. The molecule has 0 amide bonds. The Kier molecular flexibility index (Phi) is 6.13. The zero-order chi connectivity index (χ0) is 23.3. The minimum absolute atomic E-state index is 1.11. The fraction of sp³-hybridized carbons (Fsp3) is 0.0625. The first-order chi connectivity index (χ1) is 16.7. The molecule has 0 saturated carbocycles. The number of benzene rings is 5. The van der Waals surface area contributed by atoms with Crippen LogP contribution in [0.3, 0.4) is 0 Å². The molecule has 0 aromatic heterocycles. The molecular weight excluding hydrogens is 412 g/mol. The standard InChI is InChI=1S/C32H28N2/c1-25-16-20-29(21-17-25)33(27-10-5-3-6-11-27)31-14-9-15-32(24-31)34(28-12-7-4-8-13-28)30-22-18-26(2)19-23-30/h3-24H,1-2H3. The molecule has 0 aliphatic heterocycles. The maximum Gasteiger partial charge on any atom is 0.0482 e. The van der Waals surface area contributed by atoms with Crippen LogP contribution in [0.5, 0.6) is 0 Å². The summed E-state index contributed by atoms with van der Waals surface area (Å²) in [6, 6.07) is 47.2. The van der Waals surface area contributed by atoms with Crippen molar-refractivity contribution in [1.29, 1.82) is 0 Å². The number of nitrogens with zero attached hydrogens (tertiary/aromatic N) is 2. The van der Waals surface area contributed by atoms with Gasteiger partial charge in [-0.1, -0.05) is 77.9 Å². The number of para-hydroxylation sites is 2. The molecule has 0 spiro atoms. The third-order valence-electron chi connectivity index (χ3n) is 5.96. The zero-order valence-electron chi connectivity index (χ0n) is 19.6. The first kappa shape index (κ1) is 21.5. The van der Waals surface area contributed by atoms with Gasteiger partial charge < -0.3 is 9.80 Å². The van der Waals surface area contributed by atoms with Crippen molar-refractivity contribution in [3.05, 3.63) is 145 Å². The third kappa shape index (κ3) is 4.57. The lowest BCUT2D eigenvalue weighted by Gasteiger charge is -2.29. The second-order valence-electron chi connectivity index (χ2n) is 8.53. The first-order valence-corrected chi connectivity index (χ1v) is 11.6. The molecule has 34 heavy (non-hydrogen) atoms. The summed E-state index contributed by atoms with van der Waals surface area (Å²) in [4.78, 5) is 4.61. The lowest BCUT2D eigenvalue weighted by Crippen LogP contribution is -2.13. The van der Waals surface area contributed by atoms with Crippen LogP contribution < -0.4 is 9.80 Å². The zero-order valence-corrected chi connectivity index (χ0v) is 19.6. The van der Waals surface area contributed by atoms with E-state index in [1.54, 1.807) is 0 Å². The molecule has 0 heterocycles. The van der Waals surface area contributed by atoms with Gasteiger partial charge in [0.2, 0.25) is 0 Å². The average Bonchev–Trinajstić information content (AvgIpc) is 2.88. The van der Waals surface area contributed by atoms with Crippen LogP contribution in [0.25, 0.3) is 0 Å². The van der Waals surface area contributed by atoms with Crippen LogP contribution in [-0.4, -0.2) is 0 Å². The monoisotopic (exact) mass is 440 g/mol. The summed E-state index contributed by atoms with van der Waals surface area (Å²) in [6.07, 6.45) is 0. The molecule has 5 aromatic rings. The summed E-state index contributed by atoms with van der Waals surface area (Å²) in [6.45, 7) is 4.24. The summed E-state index contributed by atoms with van der Waals surface area (Å²) >= 11 is 0. The minimum Gasteiger partial charge on any atom is -0.310 e. The van der Waals surface area contributed by atoms with Crippen molar-refractivity contribution in [1.82, 2.24) is 0 Å². The normalized spacial score (nSPS) is 10.6. The molecule has 0 radical (unpaired) electrons. The average molecular weight is 441 g/mol. The Morgan fingerprint density at radius 3 is 1.03 bits per heavy atom. The molecular formula is C32H28N2. The highest BCUT2D eigenvalue weighted by molar-refractivity contribution is 5.82. The highest BCUT2D eigenvalue weighted by Crippen LogP contribution is 2.40. The minimum atomic E-state index is 1.11. The summed E-state index contributed by atoms with van der Waals surface area (Å²) in [5.41, 5.74) is 9.25. The van der Waals surface area contributed by atoms with E-state index in [1.165, 1.54) is 11.1 Å². The van der Waals surface area contributed by atoms with E-state index in [4.69, 9.17) is 0 Å². The van der Waals surface area contributed by atoms with E-state index in [2.05, 4.69) is 157 Å². The van der Waals surface area contributed by atoms with Gasteiger partial charge in [-0.3, -0.25) is 0 Å². The van der Waals surface area contributed by atoms with Gasteiger partial charge in [-0.15, -0.1) is 0 Å². The largest absolute Gasteiger partial charge is 0.310 e. The Labute approximate surface area is 202 Å². The van der Waals surface area contributed by atoms with E-state index in [1.807, 2.05) is 0 Å². The van der Waals surface area contributed by atoms with E-state index in [0.29, 0.717) is 0 Å². The number of hydrogen-bond acceptors (Lipinski definition) is 2. The van der Waals surface area contributed by atoms with E-state index < -0.39 is 0 Å². The van der Waals surface area contributed by atoms with Crippen molar-refractivity contribution in [2.45, 2.75) is 13.8 Å². The fourth-order valence-corrected chi connectivity index (χ4v) is 4.21. The Balaban J connectivity index is 1.65. The lowest BCUT2D eigenvalue weighted by atomic mass is 10.1. The van der Waals surface area contributed by atoms with Crippen molar-refractivity contribution in [2.24, 2.45) is 0 Å². The van der Waals surface area contributed by atoms with Crippen molar-refractivity contribution >= 4 is 34.1 Å². The molecule has 0 atom stereocenters. The molecule has 0 bridgehead atoms. The number of hydrogen-bond donors (Lipinski definition) is 0. The van der Waals surface area contributed by atoms with E-state index in [9.17, 15) is 0 Å². The Bertz CT molecular complexity index is 1240. The Morgan fingerprint density at radius 1 is 0.324 bits per heavy atom. The van der Waals surface area contributed by atoms with Gasteiger partial charge in [0, 0.05) is 34.1 Å². The number of anilines is 6. The molecule has 5 aromatic carbocycles. The van der Waals surface area contributed by atoms with Crippen molar-refractivity contribution < 1.29 is 0 Å². The lowest BCUT2D eigenvalue weighted by molar-refractivity contribution is 1.24. The highest BCUT2D eigenvalue weighted by Gasteiger charge is 2.16. The van der Waals surface area contributed by atoms with Crippen molar-refractivity contribution in [3.63, 3.8) is 0 Å². The molecule has 5 rings (SSSR count). The molecule has 0 saturated heterocycles. The van der Waals surface area contributed by atoms with Gasteiger partial charge in [0.15, 0.2) is 0 Å². The Morgan fingerprint density at radius 2 is 0.647 bits per heavy atom. The van der Waals surface area contributed by atoms with Crippen LogP contribution >= 0.6 is 0 Å². The molecule has 0 unspecified atom stereocenters. The van der Waals surface area contributed by atoms with Crippen LogP contribution in [0, 0.1) is 13.8 Å². The maximum absolute atomic E-state index is 2.31. The van der Waals surface area contributed by atoms with E-state index >= 15 is 0 Å². The van der Waals surface area contributed by atoms with Gasteiger partial charge in [0.25, 0.3) is 0 Å². The maximum atomic E-state index is 2.31. The van der Waals surface area contributed by atoms with Crippen LogP contribution in [0.15, 0.2) is 133 Å². The Hall–Kier alpha value is -4.30. The van der Waals surface area contributed by atoms with Crippen LogP contribution in [0.1, 0.15) is 11.1 Å². The molecule has 2 heteroatoms. The van der Waals surface area contributed by atoms with Gasteiger partial charge in [0.05, 0.1) is 0 Å². The fourth-order valence-electron chi connectivity index (χ4n) is 4.21.